The number of aliphatic hydroxyl groups is 2. The van der Waals surface area contributed by atoms with Gasteiger partial charge in [0, 0.05) is 12.1 Å². The van der Waals surface area contributed by atoms with Crippen molar-refractivity contribution >= 4 is 11.5 Å². The Morgan fingerprint density at radius 1 is 1.45 bits per heavy atom. The molecule has 0 aromatic carbocycles. The van der Waals surface area contributed by atoms with Crippen molar-refractivity contribution in [2.75, 3.05) is 0 Å². The number of nitrogens with one attached hydrogen (secondary N) is 1. The number of carbonyl (C=O) groups is 1. The number of hydrogen-bond acceptors (Lipinski definition) is 5. The molecule has 5 heteroatoms. The summed E-state index contributed by atoms with van der Waals surface area (Å²) in [6.45, 7) is 0. The van der Waals surface area contributed by atoms with Crippen LogP contribution in [0.25, 0.3) is 0 Å². The van der Waals surface area contributed by atoms with Gasteiger partial charge in [-0.15, -0.1) is 0 Å². The van der Waals surface area contributed by atoms with Gasteiger partial charge in [0.1, 0.15) is 12.2 Å². The highest BCUT2D eigenvalue weighted by molar-refractivity contribution is 6.03. The van der Waals surface area contributed by atoms with E-state index in [2.05, 4.69) is 0 Å². The molecule has 1 aliphatic rings. The molecule has 1 rings (SSSR count). The van der Waals surface area contributed by atoms with Gasteiger partial charge >= 0.3 is 0 Å². The summed E-state index contributed by atoms with van der Waals surface area (Å²) in [7, 11) is 0. The highest BCUT2D eigenvalue weighted by atomic mass is 16.3. The van der Waals surface area contributed by atoms with Gasteiger partial charge in [-0.3, -0.25) is 4.79 Å². The Hall–Kier alpha value is -0.780. The summed E-state index contributed by atoms with van der Waals surface area (Å²) in [6.07, 6.45) is -2.83. The van der Waals surface area contributed by atoms with Crippen LogP contribution in [0, 0.1) is 5.41 Å². The van der Waals surface area contributed by atoms with E-state index in [9.17, 15) is 4.79 Å². The van der Waals surface area contributed by atoms with Crippen LogP contribution < -0.4 is 5.73 Å². The predicted molar refractivity (Wildman–Crippen MR) is 37.3 cm³/mol. The third-order valence-corrected chi connectivity index (χ3v) is 1.75. The molecule has 0 spiro atoms. The topological polar surface area (TPSA) is 107 Å². The standard InChI is InChI=1S/C6H10N2O3/c7-2-1-3(8)5(10)6(11)4(2)9/h2,5-6,8,10-11H,1,7H2. The molecule has 5 N–H and O–H groups in total. The first-order valence-electron chi connectivity index (χ1n) is 3.27. The molecular formula is C6H10N2O3. The van der Waals surface area contributed by atoms with Crippen molar-refractivity contribution in [2.45, 2.75) is 24.7 Å². The van der Waals surface area contributed by atoms with Crippen LogP contribution in [0.2, 0.25) is 0 Å². The van der Waals surface area contributed by atoms with Gasteiger partial charge in [0.25, 0.3) is 0 Å². The number of Topliss-reactive ketones (excluding diaryl/α,β-unsaturated/α-hetero) is 1. The summed E-state index contributed by atoms with van der Waals surface area (Å²) in [5, 5.41) is 25.1. The van der Waals surface area contributed by atoms with Crippen LogP contribution >= 0.6 is 0 Å². The van der Waals surface area contributed by atoms with Crippen LogP contribution in [0.15, 0.2) is 0 Å². The Balaban J connectivity index is 2.78. The highest BCUT2D eigenvalue weighted by Gasteiger charge is 2.37. The van der Waals surface area contributed by atoms with Crippen LogP contribution in [0.5, 0.6) is 0 Å². The molecule has 0 radical (unpaired) electrons. The molecule has 3 atom stereocenters. The van der Waals surface area contributed by atoms with Crippen molar-refractivity contribution in [3.63, 3.8) is 0 Å². The van der Waals surface area contributed by atoms with Gasteiger partial charge in [0.05, 0.1) is 6.04 Å². The highest BCUT2D eigenvalue weighted by Crippen LogP contribution is 2.11. The van der Waals surface area contributed by atoms with Gasteiger partial charge in [0.2, 0.25) is 0 Å². The average Bonchev–Trinajstić information content (AvgIpc) is 1.97. The molecule has 0 bridgehead atoms. The summed E-state index contributed by atoms with van der Waals surface area (Å²) in [6, 6.07) is -0.833. The summed E-state index contributed by atoms with van der Waals surface area (Å²) < 4.78 is 0. The monoisotopic (exact) mass is 158 g/mol. The predicted octanol–water partition coefficient (Wildman–Crippen LogP) is -1.97. The van der Waals surface area contributed by atoms with Gasteiger partial charge in [-0.05, 0) is 0 Å². The maximum absolute atomic E-state index is 10.8. The van der Waals surface area contributed by atoms with Crippen LogP contribution in [-0.2, 0) is 4.79 Å². The van der Waals surface area contributed by atoms with E-state index in [0.29, 0.717) is 0 Å². The minimum atomic E-state index is -1.51. The molecular weight excluding hydrogens is 148 g/mol. The number of carbonyl (C=O) groups excluding carboxylic acids is 1. The zero-order valence-corrected chi connectivity index (χ0v) is 5.82. The molecule has 1 fully saturated rings. The van der Waals surface area contributed by atoms with E-state index in [0.717, 1.165) is 0 Å². The van der Waals surface area contributed by atoms with Gasteiger partial charge < -0.3 is 21.4 Å². The second kappa shape index (κ2) is 2.69. The summed E-state index contributed by atoms with van der Waals surface area (Å²) >= 11 is 0. The largest absolute Gasteiger partial charge is 0.384 e. The van der Waals surface area contributed by atoms with Gasteiger partial charge in [0.15, 0.2) is 5.78 Å². The van der Waals surface area contributed by atoms with Crippen molar-refractivity contribution in [1.82, 2.24) is 0 Å². The van der Waals surface area contributed by atoms with Crippen LogP contribution in [-0.4, -0.2) is 40.0 Å². The lowest BCUT2D eigenvalue weighted by atomic mass is 9.88. The maximum atomic E-state index is 10.8. The van der Waals surface area contributed by atoms with Crippen molar-refractivity contribution in [1.29, 1.82) is 5.41 Å². The van der Waals surface area contributed by atoms with E-state index in [4.69, 9.17) is 21.4 Å². The molecule has 0 heterocycles. The first-order valence-corrected chi connectivity index (χ1v) is 3.27. The van der Waals surface area contributed by atoms with Crippen molar-refractivity contribution in [3.05, 3.63) is 0 Å². The van der Waals surface area contributed by atoms with E-state index in [1.54, 1.807) is 0 Å². The lowest BCUT2D eigenvalue weighted by Gasteiger charge is -2.26. The van der Waals surface area contributed by atoms with E-state index < -0.39 is 24.0 Å². The minimum absolute atomic E-state index is 0.0388. The minimum Gasteiger partial charge on any atom is -0.384 e. The van der Waals surface area contributed by atoms with Crippen molar-refractivity contribution < 1.29 is 15.0 Å². The molecule has 0 aromatic heterocycles. The first-order chi connectivity index (χ1) is 5.04. The zero-order valence-electron chi connectivity index (χ0n) is 5.82. The van der Waals surface area contributed by atoms with E-state index in [-0.39, 0.29) is 12.1 Å². The van der Waals surface area contributed by atoms with Gasteiger partial charge in [-0.25, -0.2) is 0 Å². The SMILES string of the molecule is N=C1CC(N)C(=O)C(O)C1O. The lowest BCUT2D eigenvalue weighted by Crippen LogP contribution is -2.54. The lowest BCUT2D eigenvalue weighted by molar-refractivity contribution is -0.133. The van der Waals surface area contributed by atoms with E-state index in [1.807, 2.05) is 0 Å². The number of aliphatic hydroxyl groups excluding tert-OH is 2. The fourth-order valence-electron chi connectivity index (χ4n) is 1.02. The Labute approximate surface area is 63.3 Å². The van der Waals surface area contributed by atoms with E-state index >= 15 is 0 Å². The second-order valence-electron chi connectivity index (χ2n) is 2.63. The maximum Gasteiger partial charge on any atom is 0.181 e. The van der Waals surface area contributed by atoms with Crippen molar-refractivity contribution in [3.8, 4) is 0 Å². The summed E-state index contributed by atoms with van der Waals surface area (Å²) in [5.41, 5.74) is 5.18. The molecule has 1 saturated carbocycles. The van der Waals surface area contributed by atoms with Gasteiger partial charge in [-0.2, -0.15) is 0 Å². The average molecular weight is 158 g/mol. The smallest absolute Gasteiger partial charge is 0.181 e. The van der Waals surface area contributed by atoms with Crippen LogP contribution in [0.1, 0.15) is 6.42 Å². The molecule has 62 valence electrons. The Morgan fingerprint density at radius 3 is 2.55 bits per heavy atom. The van der Waals surface area contributed by atoms with Crippen molar-refractivity contribution in [2.24, 2.45) is 5.73 Å². The molecule has 11 heavy (non-hydrogen) atoms. The fraction of sp³-hybridized carbons (Fsp3) is 0.667. The molecule has 0 aliphatic heterocycles. The second-order valence-corrected chi connectivity index (χ2v) is 2.63. The number of nitrogens with two attached hydrogens (primary N) is 1. The Bertz CT molecular complexity index is 204. The summed E-state index contributed by atoms with van der Waals surface area (Å²) in [5.74, 6) is -0.589. The zero-order chi connectivity index (χ0) is 8.59. The molecule has 0 aromatic rings. The fourth-order valence-corrected chi connectivity index (χ4v) is 1.02. The molecule has 0 saturated heterocycles. The van der Waals surface area contributed by atoms with Crippen LogP contribution in [0.3, 0.4) is 0 Å². The first kappa shape index (κ1) is 8.32. The quantitative estimate of drug-likeness (QED) is 0.328. The number of ketones is 1. The number of hydrogen-bond donors (Lipinski definition) is 4. The Kier molecular flexibility index (Phi) is 2.03. The normalized spacial score (nSPS) is 39.4. The van der Waals surface area contributed by atoms with E-state index in [1.165, 1.54) is 0 Å². The summed E-state index contributed by atoms with van der Waals surface area (Å²) in [4.78, 5) is 10.8. The molecule has 1 aliphatic carbocycles. The Morgan fingerprint density at radius 2 is 2.00 bits per heavy atom. The molecule has 0 amide bonds. The molecule has 5 nitrogen and oxygen atoms in total. The third kappa shape index (κ3) is 1.30. The number of rotatable bonds is 0. The third-order valence-electron chi connectivity index (χ3n) is 1.75. The van der Waals surface area contributed by atoms with Gasteiger partial charge in [-0.1, -0.05) is 0 Å². The van der Waals surface area contributed by atoms with Crippen LogP contribution in [0.4, 0.5) is 0 Å². The molecule has 3 unspecified atom stereocenters.